The average molecular weight is 258 g/mol. The molecular formula is C16H22N2O. The maximum absolute atomic E-state index is 12.2. The lowest BCUT2D eigenvalue weighted by Gasteiger charge is -2.30. The molecule has 1 amide bonds. The quantitative estimate of drug-likeness (QED) is 0.884. The molecule has 3 nitrogen and oxygen atoms in total. The smallest absolute Gasteiger partial charge is 0.238 e. The van der Waals surface area contributed by atoms with Crippen LogP contribution in [0.25, 0.3) is 0 Å². The van der Waals surface area contributed by atoms with Crippen molar-refractivity contribution < 1.29 is 4.79 Å². The van der Waals surface area contributed by atoms with Crippen molar-refractivity contribution in [2.24, 2.45) is 5.92 Å². The third-order valence-electron chi connectivity index (χ3n) is 4.43. The minimum atomic E-state index is 0.0719. The molecule has 0 spiro atoms. The fraction of sp³-hybridized carbons (Fsp3) is 0.562. The summed E-state index contributed by atoms with van der Waals surface area (Å²) in [5.74, 6) is 1.00. The molecule has 3 rings (SSSR count). The molecule has 1 aliphatic heterocycles. The molecular weight excluding hydrogens is 236 g/mol. The van der Waals surface area contributed by atoms with Crippen LogP contribution in [0, 0.1) is 12.8 Å². The zero-order chi connectivity index (χ0) is 13.4. The second-order valence-corrected chi connectivity index (χ2v) is 6.07. The Morgan fingerprint density at radius 1 is 1.32 bits per heavy atom. The molecule has 102 valence electrons. The third kappa shape index (κ3) is 2.39. The maximum Gasteiger partial charge on any atom is 0.238 e. The van der Waals surface area contributed by atoms with Crippen LogP contribution in [0.5, 0.6) is 0 Å². The Hall–Kier alpha value is -1.35. The number of nitrogens with one attached hydrogen (secondary N) is 1. The highest BCUT2D eigenvalue weighted by Gasteiger charge is 2.39. The number of aryl methyl sites for hydroxylation is 1. The highest BCUT2D eigenvalue weighted by molar-refractivity contribution is 5.81. The van der Waals surface area contributed by atoms with Crippen LogP contribution in [-0.4, -0.2) is 23.4 Å². The molecule has 19 heavy (non-hydrogen) atoms. The Labute approximate surface area is 115 Å². The number of rotatable bonds is 2. The normalized spacial score (nSPS) is 31.2. The predicted octanol–water partition coefficient (Wildman–Crippen LogP) is 2.61. The predicted molar refractivity (Wildman–Crippen MR) is 75.6 cm³/mol. The van der Waals surface area contributed by atoms with Crippen LogP contribution in [0.4, 0.5) is 0 Å². The minimum absolute atomic E-state index is 0.0719. The van der Waals surface area contributed by atoms with Gasteiger partial charge in [-0.05, 0) is 37.7 Å². The lowest BCUT2D eigenvalue weighted by Crippen LogP contribution is -2.38. The van der Waals surface area contributed by atoms with Crippen LogP contribution in [-0.2, 0) is 4.79 Å². The molecule has 1 saturated carbocycles. The molecule has 1 aromatic carbocycles. The van der Waals surface area contributed by atoms with Crippen molar-refractivity contribution >= 4 is 5.91 Å². The topological polar surface area (TPSA) is 32.3 Å². The van der Waals surface area contributed by atoms with Crippen molar-refractivity contribution in [3.05, 3.63) is 35.4 Å². The summed E-state index contributed by atoms with van der Waals surface area (Å²) >= 11 is 0. The molecule has 0 radical (unpaired) electrons. The Balaban J connectivity index is 1.86. The number of hydrogen-bond acceptors (Lipinski definition) is 2. The van der Waals surface area contributed by atoms with Crippen molar-refractivity contribution in [3.8, 4) is 0 Å². The summed E-state index contributed by atoms with van der Waals surface area (Å²) in [6.45, 7) is 4.86. The van der Waals surface area contributed by atoms with Gasteiger partial charge < -0.3 is 4.90 Å². The van der Waals surface area contributed by atoms with Gasteiger partial charge in [0.05, 0.1) is 6.54 Å². The zero-order valence-electron chi connectivity index (χ0n) is 11.7. The van der Waals surface area contributed by atoms with Gasteiger partial charge in [0.2, 0.25) is 5.91 Å². The van der Waals surface area contributed by atoms with Gasteiger partial charge in [-0.25, -0.2) is 0 Å². The Bertz CT molecular complexity index is 485. The molecule has 1 aromatic rings. The molecule has 1 heterocycles. The van der Waals surface area contributed by atoms with Gasteiger partial charge in [0.25, 0.3) is 0 Å². The number of carbonyl (C=O) groups excluding carboxylic acids is 1. The van der Waals surface area contributed by atoms with Crippen molar-refractivity contribution in [1.82, 2.24) is 10.2 Å². The van der Waals surface area contributed by atoms with Gasteiger partial charge in [0, 0.05) is 6.04 Å². The van der Waals surface area contributed by atoms with E-state index in [1.807, 2.05) is 0 Å². The first kappa shape index (κ1) is 12.7. The van der Waals surface area contributed by atoms with Gasteiger partial charge in [-0.3, -0.25) is 10.1 Å². The molecule has 1 aliphatic carbocycles. The third-order valence-corrected chi connectivity index (χ3v) is 4.43. The van der Waals surface area contributed by atoms with Crippen LogP contribution >= 0.6 is 0 Å². The second kappa shape index (κ2) is 4.97. The summed E-state index contributed by atoms with van der Waals surface area (Å²) in [6.07, 6.45) is 3.62. The van der Waals surface area contributed by atoms with E-state index in [1.54, 1.807) is 0 Å². The molecule has 1 N–H and O–H groups in total. The molecule has 3 heteroatoms. The standard InChI is InChI=1S/C16H22N2O/c1-11-4-3-5-13(8-11)16-17-10-15(19)18(16)14-7-6-12(2)9-14/h3-5,8,12,14,16-17H,6-7,9-10H2,1-2H3. The Morgan fingerprint density at radius 2 is 2.16 bits per heavy atom. The Kier molecular flexibility index (Phi) is 3.31. The van der Waals surface area contributed by atoms with E-state index in [9.17, 15) is 4.79 Å². The maximum atomic E-state index is 12.2. The van der Waals surface area contributed by atoms with E-state index in [1.165, 1.54) is 17.5 Å². The van der Waals surface area contributed by atoms with E-state index < -0.39 is 0 Å². The lowest BCUT2D eigenvalue weighted by molar-refractivity contribution is -0.130. The summed E-state index contributed by atoms with van der Waals surface area (Å²) in [6, 6.07) is 8.89. The monoisotopic (exact) mass is 258 g/mol. The van der Waals surface area contributed by atoms with Crippen LogP contribution < -0.4 is 5.32 Å². The van der Waals surface area contributed by atoms with Gasteiger partial charge in [-0.15, -0.1) is 0 Å². The molecule has 2 aliphatic rings. The molecule has 2 fully saturated rings. The summed E-state index contributed by atoms with van der Waals surface area (Å²) < 4.78 is 0. The molecule has 3 unspecified atom stereocenters. The molecule has 0 bridgehead atoms. The number of amides is 1. The molecule has 3 atom stereocenters. The average Bonchev–Trinajstić information content (AvgIpc) is 2.95. The van der Waals surface area contributed by atoms with E-state index in [0.717, 1.165) is 18.8 Å². The van der Waals surface area contributed by atoms with E-state index in [-0.39, 0.29) is 12.1 Å². The van der Waals surface area contributed by atoms with E-state index in [4.69, 9.17) is 0 Å². The molecule has 1 saturated heterocycles. The number of benzene rings is 1. The summed E-state index contributed by atoms with van der Waals surface area (Å²) in [5.41, 5.74) is 2.46. The molecule has 0 aromatic heterocycles. The number of nitrogens with zero attached hydrogens (tertiary/aromatic N) is 1. The fourth-order valence-electron chi connectivity index (χ4n) is 3.48. The van der Waals surface area contributed by atoms with Gasteiger partial charge in [0.1, 0.15) is 6.17 Å². The van der Waals surface area contributed by atoms with Crippen molar-refractivity contribution in [2.45, 2.75) is 45.3 Å². The van der Waals surface area contributed by atoms with Crippen LogP contribution in [0.15, 0.2) is 24.3 Å². The van der Waals surface area contributed by atoms with E-state index in [2.05, 4.69) is 48.3 Å². The minimum Gasteiger partial charge on any atom is -0.319 e. The van der Waals surface area contributed by atoms with E-state index >= 15 is 0 Å². The highest BCUT2D eigenvalue weighted by Crippen LogP contribution is 2.35. The van der Waals surface area contributed by atoms with Gasteiger partial charge in [0.15, 0.2) is 0 Å². The first-order chi connectivity index (χ1) is 9.15. The number of carbonyl (C=O) groups is 1. The van der Waals surface area contributed by atoms with Crippen molar-refractivity contribution in [2.75, 3.05) is 6.54 Å². The highest BCUT2D eigenvalue weighted by atomic mass is 16.2. The van der Waals surface area contributed by atoms with Crippen molar-refractivity contribution in [3.63, 3.8) is 0 Å². The second-order valence-electron chi connectivity index (χ2n) is 6.07. The summed E-state index contributed by atoms with van der Waals surface area (Å²) in [7, 11) is 0. The summed E-state index contributed by atoms with van der Waals surface area (Å²) in [5, 5.41) is 3.37. The fourth-order valence-corrected chi connectivity index (χ4v) is 3.48. The SMILES string of the molecule is Cc1cccc(C2NCC(=O)N2C2CCC(C)C2)c1. The zero-order valence-corrected chi connectivity index (χ0v) is 11.7. The largest absolute Gasteiger partial charge is 0.319 e. The van der Waals surface area contributed by atoms with Gasteiger partial charge in [-0.2, -0.15) is 0 Å². The Morgan fingerprint density at radius 3 is 2.84 bits per heavy atom. The first-order valence-corrected chi connectivity index (χ1v) is 7.26. The van der Waals surface area contributed by atoms with Crippen LogP contribution in [0.1, 0.15) is 43.5 Å². The lowest BCUT2D eigenvalue weighted by atomic mass is 10.1. The summed E-state index contributed by atoms with van der Waals surface area (Å²) in [4.78, 5) is 14.3. The van der Waals surface area contributed by atoms with Gasteiger partial charge >= 0.3 is 0 Å². The number of hydrogen-bond donors (Lipinski definition) is 1. The van der Waals surface area contributed by atoms with Crippen LogP contribution in [0.3, 0.4) is 0 Å². The van der Waals surface area contributed by atoms with Crippen molar-refractivity contribution in [1.29, 1.82) is 0 Å². The van der Waals surface area contributed by atoms with Gasteiger partial charge in [-0.1, -0.05) is 36.8 Å². The van der Waals surface area contributed by atoms with E-state index in [0.29, 0.717) is 12.6 Å². The first-order valence-electron chi connectivity index (χ1n) is 7.26. The van der Waals surface area contributed by atoms with Crippen LogP contribution in [0.2, 0.25) is 0 Å².